The highest BCUT2D eigenvalue weighted by molar-refractivity contribution is 7.08. The van der Waals surface area contributed by atoms with Crippen LogP contribution in [0.25, 0.3) is 33.4 Å². The number of benzene rings is 1. The lowest BCUT2D eigenvalue weighted by Crippen LogP contribution is -2.11. The van der Waals surface area contributed by atoms with Crippen molar-refractivity contribution in [2.45, 2.75) is 0 Å². The van der Waals surface area contributed by atoms with Gasteiger partial charge < -0.3 is 4.98 Å². The minimum atomic E-state index is -0.194. The maximum absolute atomic E-state index is 12.1. The monoisotopic (exact) mass is 293 g/mol. The van der Waals surface area contributed by atoms with Gasteiger partial charge in [-0.2, -0.15) is 16.4 Å². The number of aromatic amines is 2. The molecule has 0 spiro atoms. The Bertz CT molecular complexity index is 934. The van der Waals surface area contributed by atoms with Crippen LogP contribution < -0.4 is 5.56 Å². The number of rotatable bonds is 2. The quantitative estimate of drug-likeness (QED) is 0.592. The van der Waals surface area contributed by atoms with E-state index in [-0.39, 0.29) is 5.56 Å². The number of para-hydroxylation sites is 1. The van der Waals surface area contributed by atoms with E-state index < -0.39 is 0 Å². The van der Waals surface area contributed by atoms with Crippen molar-refractivity contribution in [2.24, 2.45) is 0 Å². The van der Waals surface area contributed by atoms with E-state index in [9.17, 15) is 4.79 Å². The summed E-state index contributed by atoms with van der Waals surface area (Å²) in [5.41, 5.74) is 4.00. The maximum atomic E-state index is 12.1. The normalized spacial score (nSPS) is 11.0. The summed E-state index contributed by atoms with van der Waals surface area (Å²) in [7, 11) is 0. The molecule has 0 atom stereocenters. The molecular formula is C16H11N3OS. The zero-order chi connectivity index (χ0) is 14.2. The van der Waals surface area contributed by atoms with Gasteiger partial charge in [0.25, 0.3) is 5.56 Å². The van der Waals surface area contributed by atoms with Crippen LogP contribution in [0.1, 0.15) is 0 Å². The van der Waals surface area contributed by atoms with Crippen molar-refractivity contribution in [1.82, 2.24) is 15.2 Å². The SMILES string of the molecule is O=c1[nH]nc(-c2ccsc2)cc1-c1cc2ccccc2[nH]1. The molecule has 0 fully saturated rings. The van der Waals surface area contributed by atoms with Crippen LogP contribution in [0.4, 0.5) is 0 Å². The molecule has 0 unspecified atom stereocenters. The smallest absolute Gasteiger partial charge is 0.273 e. The lowest BCUT2D eigenvalue weighted by Gasteiger charge is -2.00. The van der Waals surface area contributed by atoms with Gasteiger partial charge in [-0.25, -0.2) is 5.10 Å². The Kier molecular flexibility index (Phi) is 2.72. The Morgan fingerprint density at radius 3 is 2.81 bits per heavy atom. The Hall–Kier alpha value is -2.66. The van der Waals surface area contributed by atoms with Gasteiger partial charge in [0.1, 0.15) is 0 Å². The molecule has 4 rings (SSSR count). The average Bonchev–Trinajstić information content (AvgIpc) is 3.17. The molecule has 0 aliphatic heterocycles. The number of hydrogen-bond acceptors (Lipinski definition) is 3. The van der Waals surface area contributed by atoms with E-state index in [4.69, 9.17) is 0 Å². The number of nitrogens with zero attached hydrogens (tertiary/aromatic N) is 1. The van der Waals surface area contributed by atoms with Crippen LogP contribution in [-0.4, -0.2) is 15.2 Å². The molecule has 4 nitrogen and oxygen atoms in total. The van der Waals surface area contributed by atoms with Crippen molar-refractivity contribution in [3.8, 4) is 22.5 Å². The highest BCUT2D eigenvalue weighted by atomic mass is 32.1. The van der Waals surface area contributed by atoms with Gasteiger partial charge in [-0.15, -0.1) is 0 Å². The van der Waals surface area contributed by atoms with Gasteiger partial charge >= 0.3 is 0 Å². The van der Waals surface area contributed by atoms with Crippen LogP contribution in [0.3, 0.4) is 0 Å². The number of hydrogen-bond donors (Lipinski definition) is 2. The van der Waals surface area contributed by atoms with Crippen molar-refractivity contribution >= 4 is 22.2 Å². The number of nitrogens with one attached hydrogen (secondary N) is 2. The molecular weight excluding hydrogens is 282 g/mol. The molecule has 1 aromatic carbocycles. The van der Waals surface area contributed by atoms with Crippen LogP contribution in [0.5, 0.6) is 0 Å². The fourth-order valence-electron chi connectivity index (χ4n) is 2.38. The van der Waals surface area contributed by atoms with Gasteiger partial charge in [0.15, 0.2) is 0 Å². The summed E-state index contributed by atoms with van der Waals surface area (Å²) in [5, 5.41) is 11.8. The van der Waals surface area contributed by atoms with Crippen LogP contribution in [-0.2, 0) is 0 Å². The Morgan fingerprint density at radius 2 is 2.00 bits per heavy atom. The third kappa shape index (κ3) is 2.08. The van der Waals surface area contributed by atoms with Crippen molar-refractivity contribution in [1.29, 1.82) is 0 Å². The summed E-state index contributed by atoms with van der Waals surface area (Å²) in [4.78, 5) is 15.4. The molecule has 3 aromatic heterocycles. The first-order valence-corrected chi connectivity index (χ1v) is 7.46. The molecule has 2 N–H and O–H groups in total. The zero-order valence-corrected chi connectivity index (χ0v) is 11.8. The topological polar surface area (TPSA) is 61.5 Å². The molecule has 0 radical (unpaired) electrons. The second kappa shape index (κ2) is 4.71. The molecule has 0 saturated heterocycles. The molecule has 3 heterocycles. The van der Waals surface area contributed by atoms with Crippen molar-refractivity contribution in [3.05, 3.63) is 63.6 Å². The first-order chi connectivity index (χ1) is 10.3. The van der Waals surface area contributed by atoms with Gasteiger partial charge in [-0.05, 0) is 29.6 Å². The molecule has 4 aromatic rings. The molecule has 0 amide bonds. The van der Waals surface area contributed by atoms with E-state index in [1.165, 1.54) is 0 Å². The van der Waals surface area contributed by atoms with E-state index in [0.717, 1.165) is 27.9 Å². The summed E-state index contributed by atoms with van der Waals surface area (Å²) in [6, 6.07) is 13.8. The highest BCUT2D eigenvalue weighted by Crippen LogP contribution is 2.25. The van der Waals surface area contributed by atoms with Crippen molar-refractivity contribution in [3.63, 3.8) is 0 Å². The molecule has 5 heteroatoms. The van der Waals surface area contributed by atoms with Gasteiger partial charge in [0.05, 0.1) is 17.0 Å². The summed E-state index contributed by atoms with van der Waals surface area (Å²) in [6.07, 6.45) is 0. The van der Waals surface area contributed by atoms with Crippen LogP contribution >= 0.6 is 11.3 Å². The number of aromatic nitrogens is 3. The molecule has 102 valence electrons. The zero-order valence-electron chi connectivity index (χ0n) is 11.0. The average molecular weight is 293 g/mol. The summed E-state index contributed by atoms with van der Waals surface area (Å²) < 4.78 is 0. The highest BCUT2D eigenvalue weighted by Gasteiger charge is 2.10. The summed E-state index contributed by atoms with van der Waals surface area (Å²) in [5.74, 6) is 0. The lowest BCUT2D eigenvalue weighted by molar-refractivity contribution is 0.997. The van der Waals surface area contributed by atoms with E-state index in [1.54, 1.807) is 11.3 Å². The first-order valence-electron chi connectivity index (χ1n) is 6.52. The molecule has 0 saturated carbocycles. The lowest BCUT2D eigenvalue weighted by atomic mass is 10.1. The number of H-pyrrole nitrogens is 2. The van der Waals surface area contributed by atoms with E-state index >= 15 is 0 Å². The fourth-order valence-corrected chi connectivity index (χ4v) is 3.03. The minimum absolute atomic E-state index is 0.194. The van der Waals surface area contributed by atoms with Crippen molar-refractivity contribution < 1.29 is 0 Å². The summed E-state index contributed by atoms with van der Waals surface area (Å²) in [6.45, 7) is 0. The van der Waals surface area contributed by atoms with E-state index in [2.05, 4.69) is 15.2 Å². The predicted octanol–water partition coefficient (Wildman–Crippen LogP) is 3.65. The molecule has 0 bridgehead atoms. The first kappa shape index (κ1) is 12.1. The number of fused-ring (bicyclic) bond motifs is 1. The largest absolute Gasteiger partial charge is 0.354 e. The maximum Gasteiger partial charge on any atom is 0.273 e. The van der Waals surface area contributed by atoms with Crippen LogP contribution in [0.2, 0.25) is 0 Å². The second-order valence-electron chi connectivity index (χ2n) is 4.78. The molecule has 0 aliphatic rings. The standard InChI is InChI=1S/C16H11N3OS/c20-16-12(8-14(18-19-16)11-5-6-21-9-11)15-7-10-3-1-2-4-13(10)17-15/h1-9,17H,(H,19,20). The Balaban J connectivity index is 1.91. The Morgan fingerprint density at radius 1 is 1.10 bits per heavy atom. The second-order valence-corrected chi connectivity index (χ2v) is 5.56. The fraction of sp³-hybridized carbons (Fsp3) is 0. The molecule has 21 heavy (non-hydrogen) atoms. The van der Waals surface area contributed by atoms with E-state index in [1.807, 2.05) is 53.2 Å². The third-order valence-corrected chi connectivity index (χ3v) is 4.12. The van der Waals surface area contributed by atoms with Crippen LogP contribution in [0.15, 0.2) is 58.0 Å². The predicted molar refractivity (Wildman–Crippen MR) is 85.5 cm³/mol. The van der Waals surface area contributed by atoms with Gasteiger partial charge in [0, 0.05) is 21.8 Å². The summed E-state index contributed by atoms with van der Waals surface area (Å²) >= 11 is 1.60. The minimum Gasteiger partial charge on any atom is -0.354 e. The van der Waals surface area contributed by atoms with Crippen LogP contribution in [0, 0.1) is 0 Å². The Labute approximate surface area is 124 Å². The third-order valence-electron chi connectivity index (χ3n) is 3.44. The van der Waals surface area contributed by atoms with Crippen molar-refractivity contribution in [2.75, 3.05) is 0 Å². The van der Waals surface area contributed by atoms with Gasteiger partial charge in [0.2, 0.25) is 0 Å². The van der Waals surface area contributed by atoms with Gasteiger partial charge in [-0.3, -0.25) is 4.79 Å². The number of thiophene rings is 1. The van der Waals surface area contributed by atoms with Gasteiger partial charge in [-0.1, -0.05) is 18.2 Å². The van der Waals surface area contributed by atoms with E-state index in [0.29, 0.717) is 5.56 Å². The molecule has 0 aliphatic carbocycles.